The fraction of sp³-hybridized carbons (Fsp3) is 0. The second kappa shape index (κ2) is 4.46. The van der Waals surface area contributed by atoms with Crippen molar-refractivity contribution in [3.63, 3.8) is 0 Å². The SMILES string of the molecule is Fc1ccc(C2=C(c3ccncc3)NNN2)cc1. The minimum atomic E-state index is -0.247. The smallest absolute Gasteiger partial charge is 0.123 e. The van der Waals surface area contributed by atoms with E-state index in [4.69, 9.17) is 0 Å². The molecule has 0 aliphatic carbocycles. The van der Waals surface area contributed by atoms with Gasteiger partial charge in [-0.2, -0.15) is 0 Å². The van der Waals surface area contributed by atoms with Crippen molar-refractivity contribution in [2.75, 3.05) is 0 Å². The van der Waals surface area contributed by atoms with Crippen molar-refractivity contribution in [1.82, 2.24) is 21.4 Å². The van der Waals surface area contributed by atoms with Crippen LogP contribution in [-0.2, 0) is 0 Å². The lowest BCUT2D eigenvalue weighted by Gasteiger charge is -2.05. The number of nitrogens with one attached hydrogen (secondary N) is 3. The van der Waals surface area contributed by atoms with Gasteiger partial charge in [0.1, 0.15) is 5.82 Å². The van der Waals surface area contributed by atoms with Crippen LogP contribution in [0.15, 0.2) is 48.8 Å². The number of pyridine rings is 1. The average Bonchev–Trinajstić information content (AvgIpc) is 2.90. The molecule has 0 fully saturated rings. The Balaban J connectivity index is 2.06. The summed E-state index contributed by atoms with van der Waals surface area (Å²) in [5, 5.41) is 0. The van der Waals surface area contributed by atoms with Gasteiger partial charge in [-0.05, 0) is 36.4 Å². The van der Waals surface area contributed by atoms with E-state index in [1.807, 2.05) is 12.1 Å². The second-order valence-corrected chi connectivity index (χ2v) is 3.87. The van der Waals surface area contributed by atoms with E-state index in [1.165, 1.54) is 12.1 Å². The summed E-state index contributed by atoms with van der Waals surface area (Å²) in [7, 11) is 0. The number of hydrazine groups is 2. The van der Waals surface area contributed by atoms with Crippen LogP contribution in [0.1, 0.15) is 11.1 Å². The normalized spacial score (nSPS) is 14.3. The molecule has 1 aromatic carbocycles. The molecule has 1 aromatic heterocycles. The summed E-state index contributed by atoms with van der Waals surface area (Å²) in [6, 6.07) is 10.1. The Labute approximate surface area is 103 Å². The quantitative estimate of drug-likeness (QED) is 0.749. The lowest BCUT2D eigenvalue weighted by Crippen LogP contribution is -2.32. The van der Waals surface area contributed by atoms with E-state index in [0.29, 0.717) is 0 Å². The summed E-state index contributed by atoms with van der Waals surface area (Å²) in [4.78, 5) is 3.99. The molecule has 0 radical (unpaired) electrons. The van der Waals surface area contributed by atoms with Gasteiger partial charge in [-0.25, -0.2) is 4.39 Å². The first-order valence-corrected chi connectivity index (χ1v) is 5.52. The summed E-state index contributed by atoms with van der Waals surface area (Å²) in [5.41, 5.74) is 12.6. The molecule has 0 amide bonds. The molecule has 90 valence electrons. The summed E-state index contributed by atoms with van der Waals surface area (Å²) >= 11 is 0. The highest BCUT2D eigenvalue weighted by molar-refractivity contribution is 5.89. The fourth-order valence-electron chi connectivity index (χ4n) is 1.85. The van der Waals surface area contributed by atoms with E-state index in [9.17, 15) is 4.39 Å². The number of benzene rings is 1. The van der Waals surface area contributed by atoms with Crippen molar-refractivity contribution < 1.29 is 4.39 Å². The summed E-state index contributed by atoms with van der Waals surface area (Å²) in [6.45, 7) is 0. The molecule has 0 spiro atoms. The van der Waals surface area contributed by atoms with E-state index < -0.39 is 0 Å². The van der Waals surface area contributed by atoms with Crippen LogP contribution in [0.5, 0.6) is 0 Å². The van der Waals surface area contributed by atoms with Gasteiger partial charge in [0.2, 0.25) is 0 Å². The predicted octanol–water partition coefficient (Wildman–Crippen LogP) is 1.66. The molecule has 2 aromatic rings. The van der Waals surface area contributed by atoms with Crippen molar-refractivity contribution >= 4 is 11.4 Å². The molecule has 0 saturated carbocycles. The van der Waals surface area contributed by atoms with Gasteiger partial charge in [0.25, 0.3) is 0 Å². The zero-order valence-corrected chi connectivity index (χ0v) is 9.44. The highest BCUT2D eigenvalue weighted by atomic mass is 19.1. The van der Waals surface area contributed by atoms with Crippen molar-refractivity contribution in [1.29, 1.82) is 0 Å². The second-order valence-electron chi connectivity index (χ2n) is 3.87. The Bertz CT molecular complexity index is 578. The number of hydrogen-bond donors (Lipinski definition) is 3. The van der Waals surface area contributed by atoms with E-state index >= 15 is 0 Å². The van der Waals surface area contributed by atoms with Crippen LogP contribution in [0.3, 0.4) is 0 Å². The molecule has 18 heavy (non-hydrogen) atoms. The molecular weight excluding hydrogens is 231 g/mol. The van der Waals surface area contributed by atoms with Gasteiger partial charge in [0, 0.05) is 23.5 Å². The number of nitrogens with zero attached hydrogens (tertiary/aromatic N) is 1. The van der Waals surface area contributed by atoms with Gasteiger partial charge in [0.05, 0.1) is 11.4 Å². The minimum absolute atomic E-state index is 0.247. The maximum absolute atomic E-state index is 12.9. The summed E-state index contributed by atoms with van der Waals surface area (Å²) < 4.78 is 12.9. The van der Waals surface area contributed by atoms with Gasteiger partial charge < -0.3 is 10.9 Å². The van der Waals surface area contributed by atoms with Gasteiger partial charge >= 0.3 is 0 Å². The van der Waals surface area contributed by atoms with Crippen LogP contribution in [0, 0.1) is 5.82 Å². The molecule has 3 rings (SSSR count). The van der Waals surface area contributed by atoms with Gasteiger partial charge in [-0.15, -0.1) is 5.53 Å². The first-order chi connectivity index (χ1) is 8.84. The Morgan fingerprint density at radius 1 is 0.778 bits per heavy atom. The van der Waals surface area contributed by atoms with E-state index in [-0.39, 0.29) is 5.82 Å². The zero-order valence-electron chi connectivity index (χ0n) is 9.44. The Morgan fingerprint density at radius 2 is 1.33 bits per heavy atom. The molecule has 1 aliphatic heterocycles. The molecule has 0 saturated heterocycles. The van der Waals surface area contributed by atoms with Crippen LogP contribution in [0.4, 0.5) is 4.39 Å². The number of halogens is 1. The average molecular weight is 242 g/mol. The molecule has 1 aliphatic rings. The van der Waals surface area contributed by atoms with Crippen molar-refractivity contribution in [2.24, 2.45) is 0 Å². The zero-order chi connectivity index (χ0) is 12.4. The number of hydrogen-bond acceptors (Lipinski definition) is 4. The van der Waals surface area contributed by atoms with Crippen molar-refractivity contribution in [2.45, 2.75) is 0 Å². The van der Waals surface area contributed by atoms with E-state index in [0.717, 1.165) is 22.5 Å². The predicted molar refractivity (Wildman–Crippen MR) is 66.9 cm³/mol. The molecular formula is C13H11FN4. The largest absolute Gasteiger partial charge is 0.301 e. The van der Waals surface area contributed by atoms with Crippen molar-refractivity contribution in [3.05, 3.63) is 65.7 Å². The summed E-state index contributed by atoms with van der Waals surface area (Å²) in [6.07, 6.45) is 3.45. The molecule has 3 N–H and O–H groups in total. The minimum Gasteiger partial charge on any atom is -0.301 e. The first-order valence-electron chi connectivity index (χ1n) is 5.52. The Kier molecular flexibility index (Phi) is 2.66. The maximum Gasteiger partial charge on any atom is 0.123 e. The van der Waals surface area contributed by atoms with Gasteiger partial charge in [0.15, 0.2) is 0 Å². The molecule has 5 heteroatoms. The molecule has 2 heterocycles. The topological polar surface area (TPSA) is 49.0 Å². The van der Waals surface area contributed by atoms with Gasteiger partial charge in [-0.1, -0.05) is 0 Å². The molecule has 0 bridgehead atoms. The third-order valence-electron chi connectivity index (χ3n) is 2.73. The standard InChI is InChI=1S/C13H11FN4/c14-11-3-1-9(2-4-11)12-13(17-18-16-12)10-5-7-15-8-6-10/h1-8,16-18H. The third-order valence-corrected chi connectivity index (χ3v) is 2.73. The maximum atomic E-state index is 12.9. The van der Waals surface area contributed by atoms with Crippen LogP contribution in [0.2, 0.25) is 0 Å². The molecule has 0 atom stereocenters. The monoisotopic (exact) mass is 242 g/mol. The number of rotatable bonds is 2. The fourth-order valence-corrected chi connectivity index (χ4v) is 1.85. The Morgan fingerprint density at radius 3 is 1.94 bits per heavy atom. The highest BCUT2D eigenvalue weighted by Gasteiger charge is 2.16. The van der Waals surface area contributed by atoms with Crippen LogP contribution in [-0.4, -0.2) is 4.98 Å². The summed E-state index contributed by atoms with van der Waals surface area (Å²) in [5.74, 6) is -0.247. The van der Waals surface area contributed by atoms with Gasteiger partial charge in [-0.3, -0.25) is 4.98 Å². The van der Waals surface area contributed by atoms with Crippen LogP contribution >= 0.6 is 0 Å². The lowest BCUT2D eigenvalue weighted by molar-refractivity contribution is 0.624. The molecule has 0 unspecified atom stereocenters. The first kappa shape index (κ1) is 10.7. The van der Waals surface area contributed by atoms with E-state index in [1.54, 1.807) is 24.5 Å². The Hall–Kier alpha value is -2.40. The molecule has 4 nitrogen and oxygen atoms in total. The number of aromatic nitrogens is 1. The van der Waals surface area contributed by atoms with E-state index in [2.05, 4.69) is 21.4 Å². The third kappa shape index (κ3) is 1.91. The highest BCUT2D eigenvalue weighted by Crippen LogP contribution is 2.23. The van der Waals surface area contributed by atoms with Crippen LogP contribution < -0.4 is 16.4 Å². The van der Waals surface area contributed by atoms with Crippen molar-refractivity contribution in [3.8, 4) is 0 Å². The van der Waals surface area contributed by atoms with Crippen LogP contribution in [0.25, 0.3) is 11.4 Å². The lowest BCUT2D eigenvalue weighted by atomic mass is 10.1.